The van der Waals surface area contributed by atoms with Gasteiger partial charge in [0.05, 0.1) is 37.7 Å². The molecule has 0 radical (unpaired) electrons. The van der Waals surface area contributed by atoms with Gasteiger partial charge in [0, 0.05) is 24.0 Å². The summed E-state index contributed by atoms with van der Waals surface area (Å²) in [5.41, 5.74) is 14.0. The lowest BCUT2D eigenvalue weighted by Gasteiger charge is -2.16. The minimum atomic E-state index is -0.126. The Hall–Kier alpha value is -4.98. The fourth-order valence-electron chi connectivity index (χ4n) is 5.39. The lowest BCUT2D eigenvalue weighted by Crippen LogP contribution is -2.11. The lowest BCUT2D eigenvalue weighted by molar-refractivity contribution is 0.414. The average Bonchev–Trinajstić information content (AvgIpc) is 3.70. The van der Waals surface area contributed by atoms with E-state index >= 15 is 0 Å². The predicted octanol–water partition coefficient (Wildman–Crippen LogP) is 5.58. The standard InChI is InChI=1S/C33H32N4O4/c1-40-24-9-5-22(6-10-24)28-18-30(36-34-28)26-16-20(3-13-32(26)38)15-21-4-14-33(39)27(17-21)31-19-29(35-37-31)23-7-11-25(41-2)12-8-23/h3-14,16-17,30-31,36-39H,15,18-19H2,1-2H3. The summed E-state index contributed by atoms with van der Waals surface area (Å²) >= 11 is 0. The van der Waals surface area contributed by atoms with E-state index in [1.54, 1.807) is 26.4 Å². The molecule has 0 aliphatic carbocycles. The Bertz CT molecular complexity index is 1490. The van der Waals surface area contributed by atoms with Crippen LogP contribution in [-0.2, 0) is 6.42 Å². The van der Waals surface area contributed by atoms with Crippen LogP contribution in [0, 0.1) is 0 Å². The molecule has 4 N–H and O–H groups in total. The van der Waals surface area contributed by atoms with Crippen molar-refractivity contribution in [3.05, 3.63) is 118 Å². The first-order valence-electron chi connectivity index (χ1n) is 13.6. The first-order valence-corrected chi connectivity index (χ1v) is 13.6. The summed E-state index contributed by atoms with van der Waals surface area (Å²) < 4.78 is 10.5. The summed E-state index contributed by atoms with van der Waals surface area (Å²) in [4.78, 5) is 0. The molecule has 2 aliphatic heterocycles. The molecule has 2 atom stereocenters. The minimum Gasteiger partial charge on any atom is -0.508 e. The van der Waals surface area contributed by atoms with E-state index in [-0.39, 0.29) is 23.6 Å². The highest BCUT2D eigenvalue weighted by Gasteiger charge is 2.26. The van der Waals surface area contributed by atoms with Crippen LogP contribution in [0.1, 0.15) is 58.3 Å². The van der Waals surface area contributed by atoms with Crippen LogP contribution in [0.25, 0.3) is 0 Å². The van der Waals surface area contributed by atoms with E-state index in [9.17, 15) is 10.2 Å². The number of aromatic hydroxyl groups is 2. The second-order valence-electron chi connectivity index (χ2n) is 10.3. The van der Waals surface area contributed by atoms with Gasteiger partial charge in [-0.1, -0.05) is 12.1 Å². The van der Waals surface area contributed by atoms with Crippen LogP contribution in [0.2, 0.25) is 0 Å². The fourth-order valence-corrected chi connectivity index (χ4v) is 5.39. The van der Waals surface area contributed by atoms with Gasteiger partial charge in [-0.05, 0) is 101 Å². The fraction of sp³-hybridized carbons (Fsp3) is 0.212. The molecular weight excluding hydrogens is 516 g/mol. The molecular formula is C33H32N4O4. The first kappa shape index (κ1) is 26.3. The molecule has 0 bridgehead atoms. The molecule has 2 heterocycles. The van der Waals surface area contributed by atoms with E-state index in [0.717, 1.165) is 56.3 Å². The highest BCUT2D eigenvalue weighted by molar-refractivity contribution is 6.02. The summed E-state index contributed by atoms with van der Waals surface area (Å²) in [5, 5.41) is 30.5. The normalized spacial score (nSPS) is 17.8. The van der Waals surface area contributed by atoms with Crippen LogP contribution in [0.3, 0.4) is 0 Å². The largest absolute Gasteiger partial charge is 0.508 e. The quantitative estimate of drug-likeness (QED) is 0.229. The summed E-state index contributed by atoms with van der Waals surface area (Å²) in [6.07, 6.45) is 1.98. The smallest absolute Gasteiger partial charge is 0.120 e. The number of nitrogens with zero attached hydrogens (tertiary/aromatic N) is 2. The van der Waals surface area contributed by atoms with Crippen LogP contribution < -0.4 is 20.3 Å². The third-order valence-electron chi connectivity index (χ3n) is 7.70. The minimum absolute atomic E-state index is 0.126. The van der Waals surface area contributed by atoms with Crippen molar-refractivity contribution in [2.24, 2.45) is 10.2 Å². The van der Waals surface area contributed by atoms with E-state index in [4.69, 9.17) is 9.47 Å². The van der Waals surface area contributed by atoms with Gasteiger partial charge in [0.25, 0.3) is 0 Å². The Kier molecular flexibility index (Phi) is 7.20. The van der Waals surface area contributed by atoms with Crippen molar-refractivity contribution in [1.29, 1.82) is 0 Å². The molecule has 0 saturated heterocycles. The zero-order valence-corrected chi connectivity index (χ0v) is 23.0. The molecule has 4 aromatic carbocycles. The first-order chi connectivity index (χ1) is 20.0. The van der Waals surface area contributed by atoms with Crippen molar-refractivity contribution in [2.75, 3.05) is 14.2 Å². The molecule has 2 unspecified atom stereocenters. The van der Waals surface area contributed by atoms with Crippen LogP contribution in [0.4, 0.5) is 0 Å². The maximum atomic E-state index is 10.7. The second kappa shape index (κ2) is 11.3. The summed E-state index contributed by atoms with van der Waals surface area (Å²) in [6.45, 7) is 0. The number of hydrogen-bond acceptors (Lipinski definition) is 8. The molecule has 0 fully saturated rings. The molecule has 2 aliphatic rings. The monoisotopic (exact) mass is 548 g/mol. The van der Waals surface area contributed by atoms with Gasteiger partial charge in [-0.25, -0.2) is 0 Å². The topological polar surface area (TPSA) is 108 Å². The average molecular weight is 549 g/mol. The van der Waals surface area contributed by atoms with Crippen LogP contribution in [0.15, 0.2) is 95.1 Å². The highest BCUT2D eigenvalue weighted by Crippen LogP contribution is 2.35. The molecule has 8 nitrogen and oxygen atoms in total. The maximum Gasteiger partial charge on any atom is 0.120 e. The van der Waals surface area contributed by atoms with Crippen LogP contribution in [-0.4, -0.2) is 35.9 Å². The van der Waals surface area contributed by atoms with Crippen molar-refractivity contribution >= 4 is 11.4 Å². The summed E-state index contributed by atoms with van der Waals surface area (Å²) in [6, 6.07) is 26.8. The summed E-state index contributed by atoms with van der Waals surface area (Å²) in [7, 11) is 3.29. The molecule has 0 aromatic heterocycles. The van der Waals surface area contributed by atoms with Crippen LogP contribution >= 0.6 is 0 Å². The Labute approximate surface area is 239 Å². The van der Waals surface area contributed by atoms with E-state index in [1.807, 2.05) is 72.8 Å². The van der Waals surface area contributed by atoms with Crippen LogP contribution in [0.5, 0.6) is 23.0 Å². The number of nitrogens with one attached hydrogen (secondary N) is 2. The Balaban J connectivity index is 1.15. The Morgan fingerprint density at radius 1 is 0.634 bits per heavy atom. The third kappa shape index (κ3) is 5.54. The molecule has 8 heteroatoms. The van der Waals surface area contributed by atoms with Gasteiger partial charge in [-0.3, -0.25) is 0 Å². The van der Waals surface area contributed by atoms with Crippen molar-refractivity contribution in [2.45, 2.75) is 31.3 Å². The number of hydrazone groups is 2. The molecule has 41 heavy (non-hydrogen) atoms. The Morgan fingerprint density at radius 2 is 1.05 bits per heavy atom. The number of benzene rings is 4. The van der Waals surface area contributed by atoms with Gasteiger partial charge < -0.3 is 30.5 Å². The number of rotatable bonds is 8. The van der Waals surface area contributed by atoms with Gasteiger partial charge in [0.15, 0.2) is 0 Å². The molecule has 0 spiro atoms. The van der Waals surface area contributed by atoms with E-state index in [0.29, 0.717) is 19.3 Å². The van der Waals surface area contributed by atoms with E-state index < -0.39 is 0 Å². The molecule has 4 aromatic rings. The van der Waals surface area contributed by atoms with Gasteiger partial charge in [0.1, 0.15) is 23.0 Å². The number of ether oxygens (including phenoxy) is 2. The lowest BCUT2D eigenvalue weighted by atomic mass is 9.93. The van der Waals surface area contributed by atoms with Crippen molar-refractivity contribution in [3.8, 4) is 23.0 Å². The van der Waals surface area contributed by atoms with Crippen molar-refractivity contribution < 1.29 is 19.7 Å². The molecule has 0 amide bonds. The number of phenolic OH excluding ortho intramolecular Hbond substituents is 2. The number of hydrogen-bond donors (Lipinski definition) is 4. The number of phenols is 2. The molecule has 6 rings (SSSR count). The predicted molar refractivity (Wildman–Crippen MR) is 159 cm³/mol. The number of methoxy groups -OCH3 is 2. The van der Waals surface area contributed by atoms with E-state index in [2.05, 4.69) is 21.1 Å². The van der Waals surface area contributed by atoms with Gasteiger partial charge in [0.2, 0.25) is 0 Å². The van der Waals surface area contributed by atoms with Crippen molar-refractivity contribution in [3.63, 3.8) is 0 Å². The zero-order chi connectivity index (χ0) is 28.3. The SMILES string of the molecule is COc1ccc(C2=NNC(c3cc(Cc4ccc(O)c(C5CC(c6ccc(OC)cc6)=NN5)c4)ccc3O)C2)cc1. The second-order valence-corrected chi connectivity index (χ2v) is 10.3. The molecule has 0 saturated carbocycles. The Morgan fingerprint density at radius 3 is 1.44 bits per heavy atom. The molecule has 208 valence electrons. The van der Waals surface area contributed by atoms with Gasteiger partial charge in [-0.2, -0.15) is 10.2 Å². The van der Waals surface area contributed by atoms with Crippen molar-refractivity contribution in [1.82, 2.24) is 10.9 Å². The van der Waals surface area contributed by atoms with Gasteiger partial charge >= 0.3 is 0 Å². The summed E-state index contributed by atoms with van der Waals surface area (Å²) in [5.74, 6) is 2.08. The maximum absolute atomic E-state index is 10.7. The highest BCUT2D eigenvalue weighted by atomic mass is 16.5. The van der Waals surface area contributed by atoms with E-state index in [1.165, 1.54) is 0 Å². The zero-order valence-electron chi connectivity index (χ0n) is 23.0. The third-order valence-corrected chi connectivity index (χ3v) is 7.70. The van der Waals surface area contributed by atoms with Gasteiger partial charge in [-0.15, -0.1) is 0 Å².